The van der Waals surface area contributed by atoms with Crippen molar-refractivity contribution >= 4 is 28.6 Å². The first-order chi connectivity index (χ1) is 8.31. The molecule has 0 aliphatic carbocycles. The van der Waals surface area contributed by atoms with Gasteiger partial charge in [0.15, 0.2) is 0 Å². The van der Waals surface area contributed by atoms with Gasteiger partial charge in [-0.3, -0.25) is 4.98 Å². The van der Waals surface area contributed by atoms with Gasteiger partial charge in [0.25, 0.3) is 0 Å². The van der Waals surface area contributed by atoms with Crippen molar-refractivity contribution < 1.29 is 0 Å². The van der Waals surface area contributed by atoms with E-state index in [0.29, 0.717) is 0 Å². The average Bonchev–Trinajstić information content (AvgIpc) is 2.34. The third-order valence-corrected chi connectivity index (χ3v) is 3.00. The highest BCUT2D eigenvalue weighted by atomic mass is 35.5. The van der Waals surface area contributed by atoms with Gasteiger partial charge < -0.3 is 0 Å². The van der Waals surface area contributed by atoms with Crippen molar-refractivity contribution in [1.29, 1.82) is 0 Å². The minimum Gasteiger partial charge on any atom is -0.256 e. The highest BCUT2D eigenvalue weighted by molar-refractivity contribution is 6.31. The fraction of sp³-hybridized carbons (Fsp3) is 0.267. The Morgan fingerprint density at radius 3 is 3.00 bits per heavy atom. The molecule has 1 heterocycles. The summed E-state index contributed by atoms with van der Waals surface area (Å²) in [6, 6.07) is 7.89. The van der Waals surface area contributed by atoms with E-state index in [0.717, 1.165) is 22.3 Å². The van der Waals surface area contributed by atoms with Gasteiger partial charge in [-0.15, -0.1) is 0 Å². The first-order valence-electron chi connectivity index (χ1n) is 6.02. The lowest BCUT2D eigenvalue weighted by atomic mass is 10.1. The van der Waals surface area contributed by atoms with E-state index in [1.54, 1.807) is 0 Å². The van der Waals surface area contributed by atoms with Gasteiger partial charge in [0, 0.05) is 16.6 Å². The predicted molar refractivity (Wildman–Crippen MR) is 75.3 cm³/mol. The maximum Gasteiger partial charge on any atom is 0.0722 e. The van der Waals surface area contributed by atoms with E-state index in [2.05, 4.69) is 24.1 Å². The summed E-state index contributed by atoms with van der Waals surface area (Å²) in [5.41, 5.74) is 2.16. The minimum atomic E-state index is 0.733. The second-order valence-electron chi connectivity index (χ2n) is 4.11. The Labute approximate surface area is 107 Å². The van der Waals surface area contributed by atoms with Gasteiger partial charge in [-0.2, -0.15) is 0 Å². The smallest absolute Gasteiger partial charge is 0.0722 e. The molecule has 0 aliphatic rings. The van der Waals surface area contributed by atoms with Crippen LogP contribution < -0.4 is 0 Å². The number of rotatable bonds is 4. The van der Waals surface area contributed by atoms with Crippen LogP contribution in [0.3, 0.4) is 0 Å². The number of nitrogens with zero attached hydrogens (tertiary/aromatic N) is 1. The molecule has 0 fully saturated rings. The Balaban J connectivity index is 2.31. The number of aromatic nitrogens is 1. The Morgan fingerprint density at radius 1 is 1.29 bits per heavy atom. The van der Waals surface area contributed by atoms with Crippen LogP contribution in [-0.2, 0) is 0 Å². The number of fused-ring (bicyclic) bond motifs is 1. The van der Waals surface area contributed by atoms with E-state index in [-0.39, 0.29) is 0 Å². The summed E-state index contributed by atoms with van der Waals surface area (Å²) in [6.45, 7) is 2.21. The molecular weight excluding hydrogens is 230 g/mol. The number of hydrogen-bond acceptors (Lipinski definition) is 1. The van der Waals surface area contributed by atoms with Gasteiger partial charge >= 0.3 is 0 Å². The molecule has 0 saturated heterocycles. The lowest BCUT2D eigenvalue weighted by Gasteiger charge is -2.01. The summed E-state index contributed by atoms with van der Waals surface area (Å²) < 4.78 is 0. The van der Waals surface area contributed by atoms with Crippen molar-refractivity contribution in [3.8, 4) is 0 Å². The van der Waals surface area contributed by atoms with Gasteiger partial charge in [0.05, 0.1) is 5.52 Å². The molecule has 1 nitrogen and oxygen atoms in total. The number of unbranched alkanes of at least 4 members (excludes halogenated alkanes) is 2. The van der Waals surface area contributed by atoms with Crippen molar-refractivity contribution in [3.63, 3.8) is 0 Å². The van der Waals surface area contributed by atoms with E-state index in [9.17, 15) is 0 Å². The Morgan fingerprint density at radius 2 is 2.18 bits per heavy atom. The third-order valence-electron chi connectivity index (χ3n) is 2.76. The van der Waals surface area contributed by atoms with Crippen LogP contribution in [0.5, 0.6) is 0 Å². The van der Waals surface area contributed by atoms with Gasteiger partial charge in [0.2, 0.25) is 0 Å². The molecule has 0 amide bonds. The predicted octanol–water partition coefficient (Wildman–Crippen LogP) is 5.09. The molecule has 2 rings (SSSR count). The van der Waals surface area contributed by atoms with E-state index in [4.69, 9.17) is 11.6 Å². The maximum absolute atomic E-state index is 5.96. The molecule has 0 spiro atoms. The zero-order chi connectivity index (χ0) is 12.1. The highest BCUT2D eigenvalue weighted by Gasteiger charge is 1.99. The van der Waals surface area contributed by atoms with Crippen LogP contribution in [0.15, 0.2) is 36.5 Å². The molecule has 0 saturated carbocycles. The van der Waals surface area contributed by atoms with E-state index in [1.807, 2.05) is 30.5 Å². The molecule has 17 heavy (non-hydrogen) atoms. The van der Waals surface area contributed by atoms with Crippen molar-refractivity contribution in [1.82, 2.24) is 4.98 Å². The van der Waals surface area contributed by atoms with E-state index < -0.39 is 0 Å². The molecule has 1 aromatic carbocycles. The summed E-state index contributed by atoms with van der Waals surface area (Å²) in [5.74, 6) is 0. The lowest BCUT2D eigenvalue weighted by molar-refractivity contribution is 0.816. The molecule has 2 aromatic rings. The first-order valence-corrected chi connectivity index (χ1v) is 6.40. The molecule has 1 aromatic heterocycles. The van der Waals surface area contributed by atoms with Crippen LogP contribution in [0.4, 0.5) is 0 Å². The summed E-state index contributed by atoms with van der Waals surface area (Å²) in [6.07, 6.45) is 9.84. The molecule has 0 aliphatic heterocycles. The third kappa shape index (κ3) is 3.07. The van der Waals surface area contributed by atoms with Crippen LogP contribution in [0.1, 0.15) is 31.7 Å². The highest BCUT2D eigenvalue weighted by Crippen LogP contribution is 2.21. The summed E-state index contributed by atoms with van der Waals surface area (Å²) in [4.78, 5) is 4.33. The SMILES string of the molecule is CCCC/C=C/c1ccnc2cc(Cl)ccc12. The summed E-state index contributed by atoms with van der Waals surface area (Å²) in [7, 11) is 0. The quantitative estimate of drug-likeness (QED) is 0.684. The fourth-order valence-electron chi connectivity index (χ4n) is 1.82. The average molecular weight is 246 g/mol. The number of pyridine rings is 1. The van der Waals surface area contributed by atoms with Crippen molar-refractivity contribution in [2.24, 2.45) is 0 Å². The van der Waals surface area contributed by atoms with Crippen molar-refractivity contribution in [2.45, 2.75) is 26.2 Å². The largest absolute Gasteiger partial charge is 0.256 e. The zero-order valence-electron chi connectivity index (χ0n) is 9.99. The van der Waals surface area contributed by atoms with E-state index in [1.165, 1.54) is 18.4 Å². The normalized spacial score (nSPS) is 11.4. The second kappa shape index (κ2) is 5.83. The van der Waals surface area contributed by atoms with Crippen molar-refractivity contribution in [3.05, 3.63) is 47.1 Å². The van der Waals surface area contributed by atoms with Crippen LogP contribution in [-0.4, -0.2) is 4.98 Å². The maximum atomic E-state index is 5.96. The van der Waals surface area contributed by atoms with Crippen LogP contribution in [0.2, 0.25) is 5.02 Å². The lowest BCUT2D eigenvalue weighted by Crippen LogP contribution is -1.82. The molecule has 0 atom stereocenters. The van der Waals surface area contributed by atoms with Gasteiger partial charge in [-0.1, -0.05) is 49.6 Å². The van der Waals surface area contributed by atoms with Crippen LogP contribution in [0.25, 0.3) is 17.0 Å². The molecule has 88 valence electrons. The standard InChI is InChI=1S/C15H16ClN/c1-2-3-4-5-6-12-9-10-17-15-11-13(16)7-8-14(12)15/h5-11H,2-4H2,1H3/b6-5+. The molecule has 0 N–H and O–H groups in total. The zero-order valence-corrected chi connectivity index (χ0v) is 10.7. The monoisotopic (exact) mass is 245 g/mol. The first kappa shape index (κ1) is 12.1. The molecule has 0 bridgehead atoms. The number of allylic oxidation sites excluding steroid dienone is 1. The van der Waals surface area contributed by atoms with Gasteiger partial charge in [-0.25, -0.2) is 0 Å². The number of benzene rings is 1. The fourth-order valence-corrected chi connectivity index (χ4v) is 1.99. The Bertz CT molecular complexity index is 531. The summed E-state index contributed by atoms with van der Waals surface area (Å²) >= 11 is 5.96. The van der Waals surface area contributed by atoms with Crippen LogP contribution >= 0.6 is 11.6 Å². The Kier molecular flexibility index (Phi) is 4.16. The van der Waals surface area contributed by atoms with Crippen LogP contribution in [0, 0.1) is 0 Å². The minimum absolute atomic E-state index is 0.733. The van der Waals surface area contributed by atoms with E-state index >= 15 is 0 Å². The molecule has 2 heteroatoms. The van der Waals surface area contributed by atoms with Crippen molar-refractivity contribution in [2.75, 3.05) is 0 Å². The second-order valence-corrected chi connectivity index (χ2v) is 4.54. The Hall–Kier alpha value is -1.34. The topological polar surface area (TPSA) is 12.9 Å². The molecule has 0 radical (unpaired) electrons. The molecule has 0 unspecified atom stereocenters. The number of hydrogen-bond donors (Lipinski definition) is 0. The summed E-state index contributed by atoms with van der Waals surface area (Å²) in [5, 5.41) is 1.89. The van der Waals surface area contributed by atoms with Gasteiger partial charge in [-0.05, 0) is 30.2 Å². The van der Waals surface area contributed by atoms with Gasteiger partial charge in [0.1, 0.15) is 0 Å². The number of halogens is 1. The molecular formula is C15H16ClN.